The van der Waals surface area contributed by atoms with Crippen molar-refractivity contribution in [3.8, 4) is 0 Å². The van der Waals surface area contributed by atoms with Crippen LogP contribution in [0.2, 0.25) is 0 Å². The van der Waals surface area contributed by atoms with Gasteiger partial charge in [-0.25, -0.2) is 0 Å². The van der Waals surface area contributed by atoms with Crippen molar-refractivity contribution in [2.75, 3.05) is 19.6 Å². The van der Waals surface area contributed by atoms with Crippen molar-refractivity contribution < 1.29 is 14.5 Å². The fourth-order valence-electron chi connectivity index (χ4n) is 3.43. The zero-order valence-electron chi connectivity index (χ0n) is 14.8. The number of carbonyl (C=O) groups is 2. The van der Waals surface area contributed by atoms with E-state index in [1.807, 2.05) is 30.3 Å². The summed E-state index contributed by atoms with van der Waals surface area (Å²) in [6.07, 6.45) is 3.57. The van der Waals surface area contributed by atoms with Crippen LogP contribution in [0.15, 0.2) is 30.3 Å². The van der Waals surface area contributed by atoms with Crippen molar-refractivity contribution in [1.29, 1.82) is 0 Å². The van der Waals surface area contributed by atoms with Gasteiger partial charge in [0.05, 0.1) is 32.1 Å². The number of hydrogen-bond acceptors (Lipinski definition) is 2. The predicted octanol–water partition coefficient (Wildman–Crippen LogP) is 0.827. The summed E-state index contributed by atoms with van der Waals surface area (Å²) in [5.74, 6) is -0.102. The number of likely N-dealkylation sites (tertiary alicyclic amines) is 1. The van der Waals surface area contributed by atoms with Crippen LogP contribution in [0.1, 0.15) is 51.1 Å². The molecule has 0 saturated carbocycles. The summed E-state index contributed by atoms with van der Waals surface area (Å²) >= 11 is 0. The Labute approximate surface area is 144 Å². The van der Waals surface area contributed by atoms with Gasteiger partial charge >= 0.3 is 0 Å². The zero-order chi connectivity index (χ0) is 17.4. The van der Waals surface area contributed by atoms with Crippen LogP contribution < -0.4 is 15.5 Å². The van der Waals surface area contributed by atoms with E-state index >= 15 is 0 Å². The molecular weight excluding hydrogens is 302 g/mol. The number of piperidine rings is 1. The maximum Gasteiger partial charge on any atom is 0.222 e. The lowest BCUT2D eigenvalue weighted by Crippen LogP contribution is -3.13. The van der Waals surface area contributed by atoms with E-state index in [1.165, 1.54) is 19.9 Å². The van der Waals surface area contributed by atoms with Crippen LogP contribution in [0.3, 0.4) is 0 Å². The summed E-state index contributed by atoms with van der Waals surface area (Å²) in [6.45, 7) is 7.19. The Morgan fingerprint density at radius 3 is 2.46 bits per heavy atom. The van der Waals surface area contributed by atoms with Crippen LogP contribution in [-0.4, -0.2) is 37.5 Å². The van der Waals surface area contributed by atoms with Gasteiger partial charge in [0.2, 0.25) is 11.8 Å². The van der Waals surface area contributed by atoms with Gasteiger partial charge in [0.15, 0.2) is 0 Å². The van der Waals surface area contributed by atoms with Gasteiger partial charge in [-0.3, -0.25) is 9.59 Å². The van der Waals surface area contributed by atoms with E-state index in [2.05, 4.69) is 17.6 Å². The van der Waals surface area contributed by atoms with Crippen molar-refractivity contribution in [2.45, 2.75) is 51.6 Å². The third-order valence-corrected chi connectivity index (χ3v) is 4.63. The van der Waals surface area contributed by atoms with Crippen molar-refractivity contribution in [3.05, 3.63) is 35.9 Å². The summed E-state index contributed by atoms with van der Waals surface area (Å²) in [5, 5.41) is 6.04. The first-order valence-electron chi connectivity index (χ1n) is 9.03. The smallest absolute Gasteiger partial charge is 0.222 e. The van der Waals surface area contributed by atoms with E-state index in [1.54, 1.807) is 4.90 Å². The first-order valence-corrected chi connectivity index (χ1v) is 9.03. The summed E-state index contributed by atoms with van der Waals surface area (Å²) < 4.78 is 0. The second-order valence-electron chi connectivity index (χ2n) is 6.71. The predicted molar refractivity (Wildman–Crippen MR) is 94.6 cm³/mol. The number of rotatable bonds is 7. The third-order valence-electron chi connectivity index (χ3n) is 4.63. The van der Waals surface area contributed by atoms with Gasteiger partial charge in [-0.05, 0) is 12.0 Å². The summed E-state index contributed by atoms with van der Waals surface area (Å²) in [5.41, 5.74) is 0.963. The molecule has 1 aliphatic heterocycles. The number of benzene rings is 1. The molecule has 24 heavy (non-hydrogen) atoms. The Bertz CT molecular complexity index is 525. The number of nitrogens with one attached hydrogen (secondary N) is 3. The molecule has 1 aliphatic rings. The monoisotopic (exact) mass is 332 g/mol. The van der Waals surface area contributed by atoms with Crippen LogP contribution in [0.4, 0.5) is 0 Å². The van der Waals surface area contributed by atoms with Gasteiger partial charge in [0.1, 0.15) is 0 Å². The molecule has 1 fully saturated rings. The summed E-state index contributed by atoms with van der Waals surface area (Å²) in [6, 6.07) is 9.67. The highest BCUT2D eigenvalue weighted by Gasteiger charge is 2.24. The van der Waals surface area contributed by atoms with Crippen LogP contribution in [0, 0.1) is 0 Å². The molecule has 1 heterocycles. The lowest BCUT2D eigenvalue weighted by Gasteiger charge is -2.30. The zero-order valence-corrected chi connectivity index (χ0v) is 14.8. The Morgan fingerprint density at radius 2 is 1.88 bits per heavy atom. The molecule has 5 nitrogen and oxygen atoms in total. The van der Waals surface area contributed by atoms with E-state index < -0.39 is 0 Å². The maximum absolute atomic E-state index is 12.4. The van der Waals surface area contributed by atoms with E-state index in [0.29, 0.717) is 0 Å². The maximum atomic E-state index is 12.4. The van der Waals surface area contributed by atoms with Crippen molar-refractivity contribution >= 4 is 11.8 Å². The van der Waals surface area contributed by atoms with Crippen LogP contribution in [0.25, 0.3) is 0 Å². The molecule has 0 aliphatic carbocycles. The molecule has 1 aromatic rings. The number of hydrogen-bond donors (Lipinski definition) is 3. The molecule has 0 bridgehead atoms. The summed E-state index contributed by atoms with van der Waals surface area (Å²) in [7, 11) is 0. The van der Waals surface area contributed by atoms with Crippen LogP contribution >= 0.6 is 0 Å². The van der Waals surface area contributed by atoms with E-state index in [9.17, 15) is 9.59 Å². The van der Waals surface area contributed by atoms with Gasteiger partial charge in [-0.2, -0.15) is 0 Å². The molecule has 2 rings (SSSR count). The fourth-order valence-corrected chi connectivity index (χ4v) is 3.43. The fraction of sp³-hybridized carbons (Fsp3) is 0.579. The molecule has 5 heteroatoms. The average molecular weight is 332 g/mol. The largest absolute Gasteiger partial charge is 0.353 e. The highest BCUT2D eigenvalue weighted by molar-refractivity contribution is 5.79. The van der Waals surface area contributed by atoms with Gasteiger partial charge in [-0.1, -0.05) is 37.3 Å². The molecule has 0 unspecified atom stereocenters. The molecule has 1 atom stereocenters. The van der Waals surface area contributed by atoms with E-state index in [-0.39, 0.29) is 30.3 Å². The Balaban J connectivity index is 1.86. The van der Waals surface area contributed by atoms with E-state index in [0.717, 1.165) is 31.5 Å². The standard InChI is InChI=1S/C19H29N3O2/c1-3-11-22-12-9-17(10-13-22)21-19(24)14-18(20-15(2)23)16-7-5-4-6-8-16/h4-8,17-18H,3,9-14H2,1-2H3,(H,20,23)(H,21,24)/p+1/t18-/m1/s1. The van der Waals surface area contributed by atoms with Gasteiger partial charge in [-0.15, -0.1) is 0 Å². The van der Waals surface area contributed by atoms with Gasteiger partial charge < -0.3 is 15.5 Å². The van der Waals surface area contributed by atoms with Gasteiger partial charge in [0, 0.05) is 25.8 Å². The van der Waals surface area contributed by atoms with Crippen molar-refractivity contribution in [1.82, 2.24) is 10.6 Å². The number of amides is 2. The SMILES string of the molecule is CCC[NH+]1CCC(NC(=O)C[C@@H](NC(C)=O)c2ccccc2)CC1. The molecule has 3 N–H and O–H groups in total. The molecule has 1 aromatic carbocycles. The summed E-state index contributed by atoms with van der Waals surface area (Å²) in [4.78, 5) is 25.5. The highest BCUT2D eigenvalue weighted by Crippen LogP contribution is 2.16. The molecular formula is C19H30N3O2+. The Kier molecular flexibility index (Phi) is 7.25. The number of carbonyl (C=O) groups excluding carboxylic acids is 2. The Hall–Kier alpha value is -1.88. The second-order valence-corrected chi connectivity index (χ2v) is 6.71. The van der Waals surface area contributed by atoms with Crippen LogP contribution in [0.5, 0.6) is 0 Å². The topological polar surface area (TPSA) is 62.6 Å². The lowest BCUT2D eigenvalue weighted by molar-refractivity contribution is -0.905. The number of quaternary nitrogens is 1. The molecule has 2 amide bonds. The van der Waals surface area contributed by atoms with Crippen molar-refractivity contribution in [3.63, 3.8) is 0 Å². The minimum Gasteiger partial charge on any atom is -0.353 e. The van der Waals surface area contributed by atoms with Crippen LogP contribution in [-0.2, 0) is 9.59 Å². The molecule has 1 saturated heterocycles. The lowest BCUT2D eigenvalue weighted by atomic mass is 10.0. The van der Waals surface area contributed by atoms with E-state index in [4.69, 9.17) is 0 Å². The first kappa shape index (κ1) is 18.5. The average Bonchev–Trinajstić information content (AvgIpc) is 2.57. The quantitative estimate of drug-likeness (QED) is 0.692. The molecule has 0 radical (unpaired) electrons. The van der Waals surface area contributed by atoms with Gasteiger partial charge in [0.25, 0.3) is 0 Å². The molecule has 132 valence electrons. The van der Waals surface area contributed by atoms with Crippen molar-refractivity contribution in [2.24, 2.45) is 0 Å². The molecule has 0 spiro atoms. The third kappa shape index (κ3) is 5.96. The Morgan fingerprint density at radius 1 is 1.21 bits per heavy atom. The minimum atomic E-state index is -0.269. The first-order chi connectivity index (χ1) is 11.6. The second kappa shape index (κ2) is 9.42. The highest BCUT2D eigenvalue weighted by atomic mass is 16.2. The normalized spacial score (nSPS) is 21.8. The molecule has 0 aromatic heterocycles. The minimum absolute atomic E-state index is 0.0153.